The van der Waals surface area contributed by atoms with E-state index in [2.05, 4.69) is 16.0 Å². The van der Waals surface area contributed by atoms with Crippen molar-refractivity contribution in [2.45, 2.75) is 6.54 Å². The van der Waals surface area contributed by atoms with Crippen LogP contribution >= 0.6 is 0 Å². The van der Waals surface area contributed by atoms with Crippen molar-refractivity contribution in [3.05, 3.63) is 47.8 Å². The molecule has 0 bridgehead atoms. The molecule has 0 aliphatic carbocycles. The second kappa shape index (κ2) is 6.60. The molecule has 0 saturated carbocycles. The maximum Gasteiger partial charge on any atom is 0.255 e. The summed E-state index contributed by atoms with van der Waals surface area (Å²) in [4.78, 5) is 20.7. The number of nitrogens with two attached hydrogens (primary N) is 1. The smallest absolute Gasteiger partial charge is 0.255 e. The minimum Gasteiger partial charge on any atom is -0.454 e. The van der Waals surface area contributed by atoms with Crippen LogP contribution in [0, 0.1) is 0 Å². The van der Waals surface area contributed by atoms with Crippen molar-refractivity contribution in [1.82, 2.24) is 14.8 Å². The highest BCUT2D eigenvalue weighted by Crippen LogP contribution is 2.32. The number of carbonyl (C=O) groups excluding carboxylic acids is 1. The van der Waals surface area contributed by atoms with Crippen LogP contribution in [0.15, 0.2) is 36.7 Å². The van der Waals surface area contributed by atoms with E-state index in [4.69, 9.17) is 15.2 Å². The van der Waals surface area contributed by atoms with E-state index in [1.807, 2.05) is 17.0 Å². The van der Waals surface area contributed by atoms with Crippen molar-refractivity contribution >= 4 is 11.6 Å². The van der Waals surface area contributed by atoms with Gasteiger partial charge in [-0.15, -0.1) is 0 Å². The third-order valence-corrected chi connectivity index (χ3v) is 4.51. The van der Waals surface area contributed by atoms with Crippen LogP contribution in [0.2, 0.25) is 0 Å². The lowest BCUT2D eigenvalue weighted by Gasteiger charge is -2.34. The number of pyridine rings is 1. The van der Waals surface area contributed by atoms with Gasteiger partial charge in [0.25, 0.3) is 5.91 Å². The highest BCUT2D eigenvalue weighted by molar-refractivity contribution is 5.94. The predicted octanol–water partition coefficient (Wildman–Crippen LogP) is 1.35. The second-order valence-electron chi connectivity index (χ2n) is 6.26. The van der Waals surface area contributed by atoms with Gasteiger partial charge in [-0.05, 0) is 23.8 Å². The molecule has 0 unspecified atom stereocenters. The quantitative estimate of drug-likeness (QED) is 0.908. The Hall–Kier alpha value is -2.80. The van der Waals surface area contributed by atoms with E-state index < -0.39 is 0 Å². The molecule has 1 saturated heterocycles. The summed E-state index contributed by atoms with van der Waals surface area (Å²) in [6.45, 7) is 4.17. The van der Waals surface area contributed by atoms with Gasteiger partial charge >= 0.3 is 0 Å². The number of carbonyl (C=O) groups is 1. The molecular weight excluding hydrogens is 320 g/mol. The van der Waals surface area contributed by atoms with Crippen molar-refractivity contribution < 1.29 is 14.3 Å². The largest absolute Gasteiger partial charge is 0.454 e. The number of nitrogen functional groups attached to an aromatic ring is 1. The molecule has 2 aromatic rings. The molecule has 7 nitrogen and oxygen atoms in total. The molecule has 2 aliphatic rings. The van der Waals surface area contributed by atoms with Gasteiger partial charge in [0, 0.05) is 45.1 Å². The first-order chi connectivity index (χ1) is 12.2. The maximum atomic E-state index is 12.5. The van der Waals surface area contributed by atoms with Crippen molar-refractivity contribution in [3.63, 3.8) is 0 Å². The number of rotatable bonds is 3. The van der Waals surface area contributed by atoms with E-state index in [1.54, 1.807) is 18.5 Å². The number of fused-ring (bicyclic) bond motifs is 1. The summed E-state index contributed by atoms with van der Waals surface area (Å²) >= 11 is 0. The Morgan fingerprint density at radius 3 is 2.68 bits per heavy atom. The van der Waals surface area contributed by atoms with E-state index in [1.165, 1.54) is 5.56 Å². The van der Waals surface area contributed by atoms with Crippen LogP contribution in [0.3, 0.4) is 0 Å². The van der Waals surface area contributed by atoms with E-state index in [9.17, 15) is 4.79 Å². The fourth-order valence-corrected chi connectivity index (χ4v) is 3.16. The fourth-order valence-electron chi connectivity index (χ4n) is 3.16. The highest BCUT2D eigenvalue weighted by atomic mass is 16.7. The number of amides is 1. The third-order valence-electron chi connectivity index (χ3n) is 4.51. The first kappa shape index (κ1) is 15.7. The monoisotopic (exact) mass is 340 g/mol. The van der Waals surface area contributed by atoms with Gasteiger partial charge in [-0.1, -0.05) is 6.07 Å². The zero-order valence-electron chi connectivity index (χ0n) is 13.9. The summed E-state index contributed by atoms with van der Waals surface area (Å²) in [5.74, 6) is 1.60. The first-order valence-electron chi connectivity index (χ1n) is 8.30. The third kappa shape index (κ3) is 3.36. The van der Waals surface area contributed by atoms with Crippen LogP contribution in [-0.4, -0.2) is 53.7 Å². The van der Waals surface area contributed by atoms with E-state index in [-0.39, 0.29) is 5.91 Å². The zero-order valence-corrected chi connectivity index (χ0v) is 13.9. The molecule has 0 atom stereocenters. The van der Waals surface area contributed by atoms with Crippen LogP contribution in [0.4, 0.5) is 5.69 Å². The van der Waals surface area contributed by atoms with Gasteiger partial charge in [0.05, 0.1) is 11.3 Å². The lowest BCUT2D eigenvalue weighted by atomic mass is 10.1. The molecule has 2 N–H and O–H groups in total. The van der Waals surface area contributed by atoms with Gasteiger partial charge in [0.15, 0.2) is 11.5 Å². The van der Waals surface area contributed by atoms with E-state index >= 15 is 0 Å². The van der Waals surface area contributed by atoms with Crippen LogP contribution in [0.1, 0.15) is 15.9 Å². The van der Waals surface area contributed by atoms with Gasteiger partial charge in [-0.25, -0.2) is 0 Å². The summed E-state index contributed by atoms with van der Waals surface area (Å²) < 4.78 is 10.8. The Morgan fingerprint density at radius 2 is 1.88 bits per heavy atom. The summed E-state index contributed by atoms with van der Waals surface area (Å²) in [7, 11) is 0. The van der Waals surface area contributed by atoms with Crippen LogP contribution in [0.25, 0.3) is 0 Å². The molecule has 130 valence electrons. The zero-order chi connectivity index (χ0) is 17.2. The lowest BCUT2D eigenvalue weighted by molar-refractivity contribution is 0.0628. The number of benzene rings is 1. The first-order valence-corrected chi connectivity index (χ1v) is 8.30. The van der Waals surface area contributed by atoms with E-state index in [0.717, 1.165) is 31.1 Å². The number of ether oxygens (including phenoxy) is 2. The number of anilines is 1. The number of piperazine rings is 1. The topological polar surface area (TPSA) is 80.9 Å². The number of nitrogens with zero attached hydrogens (tertiary/aromatic N) is 3. The molecule has 7 heteroatoms. The molecule has 0 spiro atoms. The molecule has 0 radical (unpaired) electrons. The molecule has 1 aromatic heterocycles. The normalized spacial score (nSPS) is 16.9. The predicted molar refractivity (Wildman–Crippen MR) is 92.4 cm³/mol. The average Bonchev–Trinajstić information content (AvgIpc) is 3.09. The second-order valence-corrected chi connectivity index (χ2v) is 6.26. The van der Waals surface area contributed by atoms with Crippen molar-refractivity contribution in [2.24, 2.45) is 0 Å². The van der Waals surface area contributed by atoms with Gasteiger partial charge in [-0.3, -0.25) is 14.7 Å². The Labute approximate surface area is 145 Å². The average molecular weight is 340 g/mol. The number of hydrogen-bond donors (Lipinski definition) is 1. The summed E-state index contributed by atoms with van der Waals surface area (Å²) in [5, 5.41) is 0. The summed E-state index contributed by atoms with van der Waals surface area (Å²) in [5.41, 5.74) is 7.95. The lowest BCUT2D eigenvalue weighted by Crippen LogP contribution is -2.48. The molecule has 3 heterocycles. The van der Waals surface area contributed by atoms with Gasteiger partial charge in [0.2, 0.25) is 6.79 Å². The number of aromatic nitrogens is 1. The van der Waals surface area contributed by atoms with Crippen molar-refractivity contribution in [2.75, 3.05) is 38.7 Å². The minimum atomic E-state index is -0.0115. The minimum absolute atomic E-state index is 0.0115. The maximum absolute atomic E-state index is 12.5. The number of hydrogen-bond acceptors (Lipinski definition) is 6. The molecular formula is C18H20N4O3. The Balaban J connectivity index is 1.34. The molecule has 1 amide bonds. The standard InChI is InChI=1S/C18H20N4O3/c19-15-8-14(9-20-10-15)18(23)22-5-3-21(4-6-22)11-13-1-2-16-17(7-13)25-12-24-16/h1-2,7-10H,3-6,11-12,19H2. The fraction of sp³-hybridized carbons (Fsp3) is 0.333. The summed E-state index contributed by atoms with van der Waals surface area (Å²) in [6, 6.07) is 7.71. The van der Waals surface area contributed by atoms with Crippen LogP contribution < -0.4 is 15.2 Å². The van der Waals surface area contributed by atoms with Gasteiger partial charge < -0.3 is 20.1 Å². The van der Waals surface area contributed by atoms with Crippen LogP contribution in [0.5, 0.6) is 11.5 Å². The van der Waals surface area contributed by atoms with E-state index in [0.29, 0.717) is 31.1 Å². The molecule has 4 rings (SSSR count). The van der Waals surface area contributed by atoms with Crippen molar-refractivity contribution in [3.8, 4) is 11.5 Å². The Bertz CT molecular complexity index is 788. The van der Waals surface area contributed by atoms with Gasteiger partial charge in [-0.2, -0.15) is 0 Å². The molecule has 1 aromatic carbocycles. The highest BCUT2D eigenvalue weighted by Gasteiger charge is 2.23. The Kier molecular flexibility index (Phi) is 4.15. The molecule has 25 heavy (non-hydrogen) atoms. The van der Waals surface area contributed by atoms with Crippen molar-refractivity contribution in [1.29, 1.82) is 0 Å². The summed E-state index contributed by atoms with van der Waals surface area (Å²) in [6.07, 6.45) is 3.11. The van der Waals surface area contributed by atoms with Gasteiger partial charge in [0.1, 0.15) is 0 Å². The molecule has 1 fully saturated rings. The SMILES string of the molecule is Nc1cncc(C(=O)N2CCN(Cc3ccc4c(c3)OCO4)CC2)c1. The van der Waals surface area contributed by atoms with Crippen LogP contribution in [-0.2, 0) is 6.54 Å². The Morgan fingerprint density at radius 1 is 1.08 bits per heavy atom. The molecule has 2 aliphatic heterocycles.